The molecule has 3 aromatic carbocycles. The highest BCUT2D eigenvalue weighted by Crippen LogP contribution is 2.34. The second kappa shape index (κ2) is 9.32. The summed E-state index contributed by atoms with van der Waals surface area (Å²) in [6.45, 7) is 1.69. The smallest absolute Gasteiger partial charge is 0.340 e. The van der Waals surface area contributed by atoms with E-state index in [1.807, 2.05) is 30.3 Å². The molecule has 2 atom stereocenters. The number of methoxy groups -OCH3 is 1. The fourth-order valence-electron chi connectivity index (χ4n) is 3.41. The van der Waals surface area contributed by atoms with E-state index in [9.17, 15) is 14.0 Å². The van der Waals surface area contributed by atoms with Gasteiger partial charge >= 0.3 is 5.97 Å². The van der Waals surface area contributed by atoms with Gasteiger partial charge in [0.05, 0.1) is 19.6 Å². The van der Waals surface area contributed by atoms with Crippen molar-refractivity contribution in [3.8, 4) is 5.75 Å². The molecule has 0 saturated carbocycles. The highest BCUT2D eigenvalue weighted by Gasteiger charge is 2.31. The van der Waals surface area contributed by atoms with Crippen molar-refractivity contribution in [3.05, 3.63) is 77.9 Å². The molecule has 0 radical (unpaired) electrons. The number of ketones is 1. The van der Waals surface area contributed by atoms with Crippen molar-refractivity contribution in [2.45, 2.75) is 25.4 Å². The van der Waals surface area contributed by atoms with E-state index in [-0.39, 0.29) is 18.8 Å². The highest BCUT2D eigenvalue weighted by atomic mass is 19.1. The number of Topliss-reactive ketones (excluding diaryl/α,β-unsaturated/α-hetero) is 1. The monoisotopic (exact) mass is 394 g/mol. The Balaban J connectivity index is 2.00. The van der Waals surface area contributed by atoms with Gasteiger partial charge < -0.3 is 9.47 Å². The lowest BCUT2D eigenvalue weighted by molar-refractivity contribution is -0.149. The molecule has 150 valence electrons. The van der Waals surface area contributed by atoms with E-state index in [2.05, 4.69) is 0 Å². The van der Waals surface area contributed by atoms with Crippen molar-refractivity contribution < 1.29 is 23.5 Å². The summed E-state index contributed by atoms with van der Waals surface area (Å²) in [6, 6.07) is 20.0. The zero-order valence-corrected chi connectivity index (χ0v) is 16.4. The number of hydrogen-bond donors (Lipinski definition) is 0. The number of hydrogen-bond acceptors (Lipinski definition) is 4. The normalized spacial score (nSPS) is 12.9. The molecule has 0 heterocycles. The van der Waals surface area contributed by atoms with Crippen molar-refractivity contribution in [2.75, 3.05) is 13.7 Å². The van der Waals surface area contributed by atoms with Crippen LogP contribution >= 0.6 is 0 Å². The zero-order chi connectivity index (χ0) is 20.8. The number of halogens is 1. The lowest BCUT2D eigenvalue weighted by Crippen LogP contribution is -2.25. The first kappa shape index (κ1) is 20.5. The predicted octanol–water partition coefficient (Wildman–Crippen LogP) is 5.11. The van der Waals surface area contributed by atoms with Crippen LogP contribution in [0.2, 0.25) is 0 Å². The Hall–Kier alpha value is -3.21. The van der Waals surface area contributed by atoms with Gasteiger partial charge in [-0.2, -0.15) is 0 Å². The molecular formula is C24H23FO4. The van der Waals surface area contributed by atoms with Crippen molar-refractivity contribution in [1.82, 2.24) is 0 Å². The minimum atomic E-state index is -1.91. The Morgan fingerprint density at radius 1 is 0.966 bits per heavy atom. The van der Waals surface area contributed by atoms with E-state index in [1.165, 1.54) is 7.11 Å². The van der Waals surface area contributed by atoms with Crippen molar-refractivity contribution in [2.24, 2.45) is 0 Å². The summed E-state index contributed by atoms with van der Waals surface area (Å²) >= 11 is 0. The summed E-state index contributed by atoms with van der Waals surface area (Å²) in [5.74, 6) is -1.64. The van der Waals surface area contributed by atoms with Gasteiger partial charge in [0.15, 0.2) is 12.0 Å². The molecule has 0 aliphatic rings. The van der Waals surface area contributed by atoms with Crippen LogP contribution in [0.5, 0.6) is 5.75 Å². The van der Waals surface area contributed by atoms with Crippen molar-refractivity contribution in [1.29, 1.82) is 0 Å². The average Bonchev–Trinajstić information content (AvgIpc) is 2.76. The third kappa shape index (κ3) is 4.62. The maximum atomic E-state index is 14.6. The molecule has 5 heteroatoms. The van der Waals surface area contributed by atoms with Crippen molar-refractivity contribution in [3.63, 3.8) is 0 Å². The molecule has 0 saturated heterocycles. The lowest BCUT2D eigenvalue weighted by atomic mass is 9.85. The molecular weight excluding hydrogens is 371 g/mol. The number of esters is 1. The molecule has 0 amide bonds. The molecule has 29 heavy (non-hydrogen) atoms. The van der Waals surface area contributed by atoms with Gasteiger partial charge in [0.2, 0.25) is 0 Å². The molecule has 0 aliphatic heterocycles. The first-order valence-electron chi connectivity index (χ1n) is 9.51. The topological polar surface area (TPSA) is 52.6 Å². The first-order valence-corrected chi connectivity index (χ1v) is 9.51. The zero-order valence-electron chi connectivity index (χ0n) is 16.4. The highest BCUT2D eigenvalue weighted by molar-refractivity contribution is 6.04. The number of alkyl halides is 1. The number of ether oxygens (including phenoxy) is 2. The SMILES string of the molecule is CCOC(=O)[C@@H](F)CC(C(=O)c1ccc2ccccc2c1)c1ccccc1OC. The summed E-state index contributed by atoms with van der Waals surface area (Å²) in [4.78, 5) is 25.3. The van der Waals surface area contributed by atoms with Crippen LogP contribution in [0.25, 0.3) is 10.8 Å². The Morgan fingerprint density at radius 3 is 2.38 bits per heavy atom. The number of carbonyl (C=O) groups is 2. The minimum absolute atomic E-state index is 0.0806. The largest absolute Gasteiger partial charge is 0.496 e. The van der Waals surface area contributed by atoms with Gasteiger partial charge in [-0.25, -0.2) is 9.18 Å². The Kier molecular flexibility index (Phi) is 6.60. The molecule has 0 aliphatic carbocycles. The minimum Gasteiger partial charge on any atom is -0.496 e. The summed E-state index contributed by atoms with van der Waals surface area (Å²) in [5.41, 5.74) is 0.996. The van der Waals surface area contributed by atoms with Crippen LogP contribution in [0, 0.1) is 0 Å². The molecule has 0 spiro atoms. The molecule has 0 aromatic heterocycles. The van der Waals surface area contributed by atoms with Gasteiger partial charge in [0, 0.05) is 17.5 Å². The average molecular weight is 394 g/mol. The van der Waals surface area contributed by atoms with Gasteiger partial charge in [0.25, 0.3) is 0 Å². The maximum Gasteiger partial charge on any atom is 0.340 e. The second-order valence-electron chi connectivity index (χ2n) is 6.68. The predicted molar refractivity (Wildman–Crippen MR) is 110 cm³/mol. The molecule has 3 aromatic rings. The summed E-state index contributed by atoms with van der Waals surface area (Å²) in [5, 5.41) is 1.92. The number of para-hydroxylation sites is 1. The molecule has 0 bridgehead atoms. The molecule has 3 rings (SSSR count). The quantitative estimate of drug-likeness (QED) is 0.394. The summed E-state index contributed by atoms with van der Waals surface area (Å²) in [6.07, 6.45) is -2.22. The fraction of sp³-hybridized carbons (Fsp3) is 0.250. The number of rotatable bonds is 8. The molecule has 1 unspecified atom stereocenters. The Bertz CT molecular complexity index is 1010. The fourth-order valence-corrected chi connectivity index (χ4v) is 3.41. The number of carbonyl (C=O) groups excluding carboxylic acids is 2. The van der Waals surface area contributed by atoms with Gasteiger partial charge in [0.1, 0.15) is 5.75 Å². The third-order valence-electron chi connectivity index (χ3n) is 4.85. The standard InChI is InChI=1S/C24H23FO4/c1-3-29-24(27)21(25)15-20(19-10-6-7-11-22(19)28-2)23(26)18-13-12-16-8-4-5-9-17(16)14-18/h4-14,20-21H,3,15H2,1-2H3/t20?,21-/m0/s1. The van der Waals surface area contributed by atoms with Gasteiger partial charge in [-0.15, -0.1) is 0 Å². The van der Waals surface area contributed by atoms with E-state index in [0.717, 1.165) is 10.8 Å². The van der Waals surface area contributed by atoms with Crippen LogP contribution in [0.3, 0.4) is 0 Å². The van der Waals surface area contributed by atoms with E-state index < -0.39 is 18.1 Å². The van der Waals surface area contributed by atoms with Gasteiger partial charge in [-0.1, -0.05) is 54.6 Å². The molecule has 4 nitrogen and oxygen atoms in total. The Morgan fingerprint density at radius 2 is 1.66 bits per heavy atom. The van der Waals surface area contributed by atoms with Crippen LogP contribution in [-0.2, 0) is 9.53 Å². The van der Waals surface area contributed by atoms with Gasteiger partial charge in [-0.05, 0) is 29.8 Å². The van der Waals surface area contributed by atoms with Crippen molar-refractivity contribution >= 4 is 22.5 Å². The summed E-state index contributed by atoms with van der Waals surface area (Å²) in [7, 11) is 1.49. The number of fused-ring (bicyclic) bond motifs is 1. The first-order chi connectivity index (χ1) is 14.0. The third-order valence-corrected chi connectivity index (χ3v) is 4.85. The van der Waals surface area contributed by atoms with E-state index in [0.29, 0.717) is 16.9 Å². The van der Waals surface area contributed by atoms with Crippen LogP contribution in [0.1, 0.15) is 35.2 Å². The summed E-state index contributed by atoms with van der Waals surface area (Å²) < 4.78 is 24.8. The van der Waals surface area contributed by atoms with E-state index in [4.69, 9.17) is 9.47 Å². The molecule has 0 N–H and O–H groups in total. The lowest BCUT2D eigenvalue weighted by Gasteiger charge is -2.20. The molecule has 0 fully saturated rings. The number of benzene rings is 3. The van der Waals surface area contributed by atoms with Crippen LogP contribution in [0.4, 0.5) is 4.39 Å². The van der Waals surface area contributed by atoms with E-state index in [1.54, 1.807) is 43.3 Å². The van der Waals surface area contributed by atoms with Crippen LogP contribution < -0.4 is 4.74 Å². The van der Waals surface area contributed by atoms with Crippen LogP contribution in [0.15, 0.2) is 66.7 Å². The van der Waals surface area contributed by atoms with Crippen LogP contribution in [-0.4, -0.2) is 31.6 Å². The van der Waals surface area contributed by atoms with E-state index >= 15 is 0 Å². The van der Waals surface area contributed by atoms with Gasteiger partial charge in [-0.3, -0.25) is 4.79 Å². The Labute approximate surface area is 169 Å². The second-order valence-corrected chi connectivity index (χ2v) is 6.68. The maximum absolute atomic E-state index is 14.6.